The maximum Gasteiger partial charge on any atom is 0.0164 e. The SMILES string of the molecule is CC1CNC(C)CN1.CC1CNCCN1.CN1CCNCC1. The summed E-state index contributed by atoms with van der Waals surface area (Å²) in [5.74, 6) is 0. The molecular formula is C16H38N6. The third kappa shape index (κ3) is 10.5. The molecule has 0 aromatic heterocycles. The fourth-order valence-corrected chi connectivity index (χ4v) is 2.47. The first-order valence-electron chi connectivity index (χ1n) is 8.88. The third-order valence-electron chi connectivity index (χ3n) is 4.13. The van der Waals surface area contributed by atoms with Crippen LogP contribution in [0.1, 0.15) is 20.8 Å². The molecule has 132 valence electrons. The highest BCUT2D eigenvalue weighted by Gasteiger charge is 2.10. The summed E-state index contributed by atoms with van der Waals surface area (Å²) in [5.41, 5.74) is 0. The largest absolute Gasteiger partial charge is 0.314 e. The first-order chi connectivity index (χ1) is 10.6. The van der Waals surface area contributed by atoms with Crippen molar-refractivity contribution in [3.05, 3.63) is 0 Å². The molecule has 0 spiro atoms. The van der Waals surface area contributed by atoms with Crippen LogP contribution in [0.4, 0.5) is 0 Å². The van der Waals surface area contributed by atoms with Gasteiger partial charge in [-0.25, -0.2) is 0 Å². The molecule has 0 aromatic carbocycles. The van der Waals surface area contributed by atoms with Crippen molar-refractivity contribution in [3.8, 4) is 0 Å². The van der Waals surface area contributed by atoms with Crippen LogP contribution in [0.25, 0.3) is 0 Å². The average molecular weight is 315 g/mol. The van der Waals surface area contributed by atoms with Gasteiger partial charge < -0.3 is 31.5 Å². The molecule has 0 radical (unpaired) electrons. The van der Waals surface area contributed by atoms with Crippen LogP contribution in [0, 0.1) is 0 Å². The molecule has 3 aliphatic rings. The normalized spacial score (nSPS) is 33.0. The van der Waals surface area contributed by atoms with E-state index in [2.05, 4.69) is 59.3 Å². The van der Waals surface area contributed by atoms with E-state index in [4.69, 9.17) is 0 Å². The quantitative estimate of drug-likeness (QED) is 0.397. The number of nitrogens with zero attached hydrogens (tertiary/aromatic N) is 1. The van der Waals surface area contributed by atoms with E-state index >= 15 is 0 Å². The minimum atomic E-state index is 0.659. The molecule has 5 N–H and O–H groups in total. The Hall–Kier alpha value is -0.240. The monoisotopic (exact) mass is 314 g/mol. The number of hydrogen-bond acceptors (Lipinski definition) is 6. The zero-order chi connectivity index (χ0) is 16.2. The minimum Gasteiger partial charge on any atom is -0.314 e. The second-order valence-corrected chi connectivity index (χ2v) is 6.73. The van der Waals surface area contributed by atoms with Gasteiger partial charge in [0, 0.05) is 77.0 Å². The van der Waals surface area contributed by atoms with Gasteiger partial charge in [0.15, 0.2) is 0 Å². The van der Waals surface area contributed by atoms with E-state index < -0.39 is 0 Å². The maximum atomic E-state index is 3.37. The Kier molecular flexibility index (Phi) is 11.0. The Bertz CT molecular complexity index is 217. The van der Waals surface area contributed by atoms with Gasteiger partial charge in [-0.2, -0.15) is 0 Å². The van der Waals surface area contributed by atoms with E-state index in [1.165, 1.54) is 13.1 Å². The van der Waals surface area contributed by atoms with E-state index in [9.17, 15) is 0 Å². The first kappa shape index (κ1) is 19.8. The summed E-state index contributed by atoms with van der Waals surface area (Å²) >= 11 is 0. The Morgan fingerprint density at radius 2 is 1.18 bits per heavy atom. The molecule has 0 aromatic rings. The van der Waals surface area contributed by atoms with Crippen molar-refractivity contribution < 1.29 is 0 Å². The van der Waals surface area contributed by atoms with Crippen LogP contribution in [0.15, 0.2) is 0 Å². The molecule has 3 unspecified atom stereocenters. The Morgan fingerprint density at radius 3 is 1.45 bits per heavy atom. The molecule has 0 amide bonds. The molecule has 6 nitrogen and oxygen atoms in total. The lowest BCUT2D eigenvalue weighted by molar-refractivity contribution is 0.291. The predicted molar refractivity (Wildman–Crippen MR) is 95.6 cm³/mol. The molecule has 0 aliphatic carbocycles. The molecular weight excluding hydrogens is 276 g/mol. The van der Waals surface area contributed by atoms with Crippen molar-refractivity contribution in [1.29, 1.82) is 0 Å². The number of likely N-dealkylation sites (N-methyl/N-ethyl adjacent to an activating group) is 1. The summed E-state index contributed by atoms with van der Waals surface area (Å²) in [6.07, 6.45) is 0. The van der Waals surface area contributed by atoms with E-state index in [0.717, 1.165) is 45.8 Å². The van der Waals surface area contributed by atoms with Gasteiger partial charge in [-0.1, -0.05) is 0 Å². The fraction of sp³-hybridized carbons (Fsp3) is 1.00. The van der Waals surface area contributed by atoms with Crippen LogP contribution in [0.3, 0.4) is 0 Å². The van der Waals surface area contributed by atoms with Crippen molar-refractivity contribution in [3.63, 3.8) is 0 Å². The third-order valence-corrected chi connectivity index (χ3v) is 4.13. The molecule has 3 heterocycles. The van der Waals surface area contributed by atoms with Crippen LogP contribution in [-0.2, 0) is 0 Å². The molecule has 6 heteroatoms. The van der Waals surface area contributed by atoms with Gasteiger partial charge in [0.2, 0.25) is 0 Å². The highest BCUT2D eigenvalue weighted by Crippen LogP contribution is 1.89. The zero-order valence-corrected chi connectivity index (χ0v) is 15.0. The summed E-state index contributed by atoms with van der Waals surface area (Å²) in [6, 6.07) is 1.99. The summed E-state index contributed by atoms with van der Waals surface area (Å²) < 4.78 is 0. The van der Waals surface area contributed by atoms with E-state index in [-0.39, 0.29) is 0 Å². The lowest BCUT2D eigenvalue weighted by Crippen LogP contribution is -2.51. The fourth-order valence-electron chi connectivity index (χ4n) is 2.47. The topological polar surface area (TPSA) is 63.4 Å². The van der Waals surface area contributed by atoms with Crippen molar-refractivity contribution in [2.24, 2.45) is 0 Å². The molecule has 3 fully saturated rings. The van der Waals surface area contributed by atoms with Crippen LogP contribution < -0.4 is 26.6 Å². The molecule has 3 atom stereocenters. The minimum absolute atomic E-state index is 0.659. The number of hydrogen-bond donors (Lipinski definition) is 5. The smallest absolute Gasteiger partial charge is 0.0164 e. The number of rotatable bonds is 0. The molecule has 3 aliphatic heterocycles. The zero-order valence-electron chi connectivity index (χ0n) is 15.0. The van der Waals surface area contributed by atoms with E-state index in [1.54, 1.807) is 0 Å². The Balaban J connectivity index is 0.000000166. The first-order valence-corrected chi connectivity index (χ1v) is 8.88. The van der Waals surface area contributed by atoms with Crippen LogP contribution >= 0.6 is 0 Å². The van der Waals surface area contributed by atoms with Gasteiger partial charge in [0.05, 0.1) is 0 Å². The summed E-state index contributed by atoms with van der Waals surface area (Å²) in [6.45, 7) is 16.9. The Morgan fingerprint density at radius 1 is 0.636 bits per heavy atom. The van der Waals surface area contributed by atoms with Gasteiger partial charge in [0.25, 0.3) is 0 Å². The predicted octanol–water partition coefficient (Wildman–Crippen LogP) is -0.955. The number of nitrogens with one attached hydrogen (secondary N) is 5. The molecule has 3 rings (SSSR count). The van der Waals surface area contributed by atoms with E-state index in [0.29, 0.717) is 18.1 Å². The van der Waals surface area contributed by atoms with Gasteiger partial charge in [-0.15, -0.1) is 0 Å². The van der Waals surface area contributed by atoms with Crippen molar-refractivity contribution in [2.45, 2.75) is 38.9 Å². The summed E-state index contributed by atoms with van der Waals surface area (Å²) in [4.78, 5) is 2.33. The molecule has 22 heavy (non-hydrogen) atoms. The highest BCUT2D eigenvalue weighted by atomic mass is 15.2. The highest BCUT2D eigenvalue weighted by molar-refractivity contribution is 4.76. The maximum absolute atomic E-state index is 3.37. The summed E-state index contributed by atoms with van der Waals surface area (Å²) in [5, 5.41) is 16.6. The Labute approximate surface area is 137 Å². The molecule has 0 saturated carbocycles. The standard InChI is InChI=1S/C6H14N2.2C5H12N2/c1-5-3-8-6(2)4-7-5;1-7-4-2-6-3-5-7;1-5-4-6-2-3-7-5/h5-8H,3-4H2,1-2H3;6H,2-5H2,1H3;5-7H,2-4H2,1H3. The average Bonchev–Trinajstić information content (AvgIpc) is 2.53. The van der Waals surface area contributed by atoms with E-state index in [1.807, 2.05) is 0 Å². The number of piperazine rings is 3. The second-order valence-electron chi connectivity index (χ2n) is 6.73. The van der Waals surface area contributed by atoms with Crippen molar-refractivity contribution in [1.82, 2.24) is 31.5 Å². The second kappa shape index (κ2) is 12.2. The molecule has 0 bridgehead atoms. The van der Waals surface area contributed by atoms with Gasteiger partial charge in [-0.3, -0.25) is 0 Å². The van der Waals surface area contributed by atoms with Gasteiger partial charge >= 0.3 is 0 Å². The lowest BCUT2D eigenvalue weighted by atomic mass is 10.2. The van der Waals surface area contributed by atoms with Gasteiger partial charge in [0.1, 0.15) is 0 Å². The van der Waals surface area contributed by atoms with Crippen molar-refractivity contribution in [2.75, 3.05) is 66.0 Å². The lowest BCUT2D eigenvalue weighted by Gasteiger charge is -2.26. The van der Waals surface area contributed by atoms with Gasteiger partial charge in [-0.05, 0) is 27.8 Å². The van der Waals surface area contributed by atoms with Crippen molar-refractivity contribution >= 4 is 0 Å². The molecule has 3 saturated heterocycles. The van der Waals surface area contributed by atoms with Crippen LogP contribution in [0.2, 0.25) is 0 Å². The summed E-state index contributed by atoms with van der Waals surface area (Å²) in [7, 11) is 2.15. The van der Waals surface area contributed by atoms with Crippen LogP contribution in [-0.4, -0.2) is 89.0 Å². The van der Waals surface area contributed by atoms with Crippen LogP contribution in [0.5, 0.6) is 0 Å².